The number of aromatic nitrogens is 1. The summed E-state index contributed by atoms with van der Waals surface area (Å²) in [6, 6.07) is 2.15. The van der Waals surface area contributed by atoms with Crippen LogP contribution in [0.4, 0.5) is 0 Å². The maximum atomic E-state index is 11.9. The number of aliphatic imine (C=N–C) groups is 1. The molecular formula is C19H35IN6O2. The molecule has 9 heteroatoms. The highest BCUT2D eigenvalue weighted by Gasteiger charge is 2.21. The molecule has 160 valence electrons. The van der Waals surface area contributed by atoms with Gasteiger partial charge in [-0.15, -0.1) is 24.0 Å². The zero-order chi connectivity index (χ0) is 19.8. The number of rotatable bonds is 7. The van der Waals surface area contributed by atoms with Gasteiger partial charge in [0.05, 0.1) is 12.2 Å². The summed E-state index contributed by atoms with van der Waals surface area (Å²) >= 11 is 0. The first kappa shape index (κ1) is 24.7. The highest BCUT2D eigenvalue weighted by molar-refractivity contribution is 14.0. The van der Waals surface area contributed by atoms with Gasteiger partial charge in [-0.3, -0.25) is 9.69 Å². The quantitative estimate of drug-likeness (QED) is 0.335. The molecule has 28 heavy (non-hydrogen) atoms. The molecule has 2 N–H and O–H groups in total. The first-order chi connectivity index (χ1) is 12.9. The molecule has 1 fully saturated rings. The Morgan fingerprint density at radius 3 is 2.46 bits per heavy atom. The molecule has 0 unspecified atom stereocenters. The summed E-state index contributed by atoms with van der Waals surface area (Å²) in [5.41, 5.74) is 0.957. The normalized spacial score (nSPS) is 15.7. The predicted molar refractivity (Wildman–Crippen MR) is 122 cm³/mol. The number of nitrogens with one attached hydrogen (secondary N) is 2. The molecule has 1 aliphatic heterocycles. The monoisotopic (exact) mass is 506 g/mol. The minimum Gasteiger partial charge on any atom is -0.359 e. The molecular weight excluding hydrogens is 471 g/mol. The number of piperazine rings is 1. The van der Waals surface area contributed by atoms with Crippen molar-refractivity contribution < 1.29 is 9.32 Å². The minimum atomic E-state index is 0. The van der Waals surface area contributed by atoms with Gasteiger partial charge in [-0.2, -0.15) is 0 Å². The molecule has 2 rings (SSSR count). The Morgan fingerprint density at radius 2 is 1.93 bits per heavy atom. The first-order valence-electron chi connectivity index (χ1n) is 9.89. The third-order valence-electron chi connectivity index (χ3n) is 4.38. The van der Waals surface area contributed by atoms with E-state index < -0.39 is 0 Å². The van der Waals surface area contributed by atoms with Crippen LogP contribution in [-0.4, -0.2) is 72.1 Å². The third-order valence-corrected chi connectivity index (χ3v) is 4.38. The highest BCUT2D eigenvalue weighted by atomic mass is 127. The van der Waals surface area contributed by atoms with E-state index in [-0.39, 0.29) is 35.9 Å². The summed E-state index contributed by atoms with van der Waals surface area (Å²) in [7, 11) is 0. The second-order valence-electron chi connectivity index (χ2n) is 7.53. The third kappa shape index (κ3) is 7.94. The lowest BCUT2D eigenvalue weighted by Crippen LogP contribution is -2.54. The van der Waals surface area contributed by atoms with E-state index in [2.05, 4.69) is 46.4 Å². The lowest BCUT2D eigenvalue weighted by Gasteiger charge is -2.36. The Balaban J connectivity index is 0.00000392. The number of carbonyl (C=O) groups excluding carboxylic acids is 1. The van der Waals surface area contributed by atoms with Gasteiger partial charge in [0.2, 0.25) is 5.91 Å². The molecule has 0 aliphatic carbocycles. The van der Waals surface area contributed by atoms with Crippen molar-refractivity contribution in [2.75, 3.05) is 39.3 Å². The number of nitrogens with zero attached hydrogens (tertiary/aromatic N) is 4. The molecule has 0 saturated carbocycles. The van der Waals surface area contributed by atoms with Gasteiger partial charge in [-0.05, 0) is 26.7 Å². The van der Waals surface area contributed by atoms with E-state index in [0.29, 0.717) is 19.0 Å². The van der Waals surface area contributed by atoms with Gasteiger partial charge in [0.1, 0.15) is 6.54 Å². The molecule has 0 spiro atoms. The van der Waals surface area contributed by atoms with Crippen LogP contribution in [-0.2, 0) is 11.3 Å². The van der Waals surface area contributed by atoms with Gasteiger partial charge in [-0.1, -0.05) is 19.0 Å². The van der Waals surface area contributed by atoms with Crippen molar-refractivity contribution in [2.45, 2.75) is 53.1 Å². The summed E-state index contributed by atoms with van der Waals surface area (Å²) in [5, 5.41) is 10.4. The van der Waals surface area contributed by atoms with Crippen LogP contribution >= 0.6 is 24.0 Å². The topological polar surface area (TPSA) is 86.0 Å². The first-order valence-corrected chi connectivity index (χ1v) is 9.89. The van der Waals surface area contributed by atoms with E-state index >= 15 is 0 Å². The second kappa shape index (κ2) is 12.3. The largest absolute Gasteiger partial charge is 0.359 e. The molecule has 2 heterocycles. The summed E-state index contributed by atoms with van der Waals surface area (Å²) in [6.07, 6.45) is 0. The summed E-state index contributed by atoms with van der Waals surface area (Å²) in [5.74, 6) is 2.09. The highest BCUT2D eigenvalue weighted by Crippen LogP contribution is 2.14. The van der Waals surface area contributed by atoms with E-state index in [1.807, 2.05) is 19.9 Å². The molecule has 1 saturated heterocycles. The van der Waals surface area contributed by atoms with Gasteiger partial charge in [0.25, 0.3) is 0 Å². The molecule has 1 aromatic heterocycles. The van der Waals surface area contributed by atoms with E-state index in [4.69, 9.17) is 9.52 Å². The fourth-order valence-electron chi connectivity index (χ4n) is 2.94. The zero-order valence-corrected chi connectivity index (χ0v) is 20.0. The molecule has 0 radical (unpaired) electrons. The Hall–Kier alpha value is -1.36. The van der Waals surface area contributed by atoms with Crippen molar-refractivity contribution in [3.05, 3.63) is 17.5 Å². The van der Waals surface area contributed by atoms with Crippen molar-refractivity contribution in [3.63, 3.8) is 0 Å². The smallest absolute Gasteiger partial charge is 0.234 e. The van der Waals surface area contributed by atoms with E-state index in [9.17, 15) is 4.79 Å². The average molecular weight is 506 g/mol. The van der Waals surface area contributed by atoms with Crippen LogP contribution in [0, 0.1) is 0 Å². The number of hydrogen-bond acceptors (Lipinski definition) is 5. The fourth-order valence-corrected chi connectivity index (χ4v) is 2.94. The lowest BCUT2D eigenvalue weighted by molar-refractivity contribution is -0.123. The number of guanidine groups is 1. The van der Waals surface area contributed by atoms with E-state index in [0.717, 1.165) is 50.1 Å². The van der Waals surface area contributed by atoms with Gasteiger partial charge < -0.3 is 20.1 Å². The number of halogens is 1. The van der Waals surface area contributed by atoms with Crippen molar-refractivity contribution in [2.24, 2.45) is 4.99 Å². The van der Waals surface area contributed by atoms with Crippen molar-refractivity contribution in [1.29, 1.82) is 0 Å². The molecule has 0 atom stereocenters. The number of hydrogen-bond donors (Lipinski definition) is 2. The standard InChI is InChI=1S/C19H34N6O2.HI/c1-6-20-19(21-12-16-11-17(14(2)3)23-27-16)25-9-7-24(8-10-25)13-18(26)22-15(4)5;/h11,14-15H,6-10,12-13H2,1-5H3,(H,20,21)(H,22,26);1H. The van der Waals surface area contributed by atoms with Crippen LogP contribution < -0.4 is 10.6 Å². The summed E-state index contributed by atoms with van der Waals surface area (Å²) in [6.45, 7) is 15.3. The predicted octanol–water partition coefficient (Wildman–Crippen LogP) is 2.02. The lowest BCUT2D eigenvalue weighted by atomic mass is 10.1. The minimum absolute atomic E-state index is 0. The van der Waals surface area contributed by atoms with Crippen molar-refractivity contribution in [3.8, 4) is 0 Å². The van der Waals surface area contributed by atoms with Crippen LogP contribution in [0.5, 0.6) is 0 Å². The van der Waals surface area contributed by atoms with Gasteiger partial charge in [0.15, 0.2) is 11.7 Å². The van der Waals surface area contributed by atoms with E-state index in [1.165, 1.54) is 0 Å². The molecule has 1 amide bonds. The van der Waals surface area contributed by atoms with Crippen molar-refractivity contribution >= 4 is 35.8 Å². The van der Waals surface area contributed by atoms with Crippen LogP contribution in [0.3, 0.4) is 0 Å². The Morgan fingerprint density at radius 1 is 1.25 bits per heavy atom. The molecule has 1 aliphatic rings. The van der Waals surface area contributed by atoms with Gasteiger partial charge in [-0.25, -0.2) is 4.99 Å². The van der Waals surface area contributed by atoms with Gasteiger partial charge >= 0.3 is 0 Å². The summed E-state index contributed by atoms with van der Waals surface area (Å²) in [4.78, 5) is 21.1. The van der Waals surface area contributed by atoms with Crippen LogP contribution in [0.25, 0.3) is 0 Å². The van der Waals surface area contributed by atoms with Crippen molar-refractivity contribution in [1.82, 2.24) is 25.6 Å². The zero-order valence-electron chi connectivity index (χ0n) is 17.7. The van der Waals surface area contributed by atoms with Gasteiger partial charge in [0, 0.05) is 44.8 Å². The summed E-state index contributed by atoms with van der Waals surface area (Å²) < 4.78 is 5.38. The SMILES string of the molecule is CCNC(=NCc1cc(C(C)C)no1)N1CCN(CC(=O)NC(C)C)CC1.I. The Labute approximate surface area is 185 Å². The maximum Gasteiger partial charge on any atom is 0.234 e. The van der Waals surface area contributed by atoms with Crippen LogP contribution in [0.2, 0.25) is 0 Å². The number of amides is 1. The van der Waals surface area contributed by atoms with E-state index in [1.54, 1.807) is 0 Å². The van der Waals surface area contributed by atoms with Crippen LogP contribution in [0.15, 0.2) is 15.6 Å². The molecule has 0 bridgehead atoms. The number of carbonyl (C=O) groups is 1. The second-order valence-corrected chi connectivity index (χ2v) is 7.53. The fraction of sp³-hybridized carbons (Fsp3) is 0.737. The molecule has 0 aromatic carbocycles. The molecule has 8 nitrogen and oxygen atoms in total. The van der Waals surface area contributed by atoms with Crippen LogP contribution in [0.1, 0.15) is 52.0 Å². The average Bonchev–Trinajstić information content (AvgIpc) is 3.08. The molecule has 1 aromatic rings. The Bertz CT molecular complexity index is 624. The Kier molecular flexibility index (Phi) is 10.8. The maximum absolute atomic E-state index is 11.9.